The van der Waals surface area contributed by atoms with Gasteiger partial charge in [0.2, 0.25) is 5.82 Å². The summed E-state index contributed by atoms with van der Waals surface area (Å²) < 4.78 is 46.9. The van der Waals surface area contributed by atoms with Crippen LogP contribution in [0.2, 0.25) is 5.02 Å². The van der Waals surface area contributed by atoms with Gasteiger partial charge >= 0.3 is 0 Å². The standard InChI is InChI=1S/C22H19ClN2O6S/c1-13-4-7-16(11-17(13)23)32(26,27)12-15-6-9-19(30-15)22-24-21(25-31-22)14-5-8-18(28-2)20(10-14)29-3/h4-11H,12H2,1-3H3. The fourth-order valence-electron chi connectivity index (χ4n) is 3.02. The van der Waals surface area contributed by atoms with Crippen molar-refractivity contribution in [1.29, 1.82) is 0 Å². The molecule has 4 aromatic rings. The first-order valence-electron chi connectivity index (χ1n) is 9.45. The van der Waals surface area contributed by atoms with E-state index in [0.29, 0.717) is 27.9 Å². The molecular formula is C22H19ClN2O6S. The number of hydrogen-bond acceptors (Lipinski definition) is 8. The van der Waals surface area contributed by atoms with Gasteiger partial charge in [0.1, 0.15) is 11.5 Å². The highest BCUT2D eigenvalue weighted by Crippen LogP contribution is 2.32. The normalized spacial score (nSPS) is 11.5. The number of nitrogens with zero attached hydrogens (tertiary/aromatic N) is 2. The number of ether oxygens (including phenoxy) is 2. The van der Waals surface area contributed by atoms with Crippen molar-refractivity contribution in [2.24, 2.45) is 0 Å². The Labute approximate surface area is 189 Å². The number of aromatic nitrogens is 2. The van der Waals surface area contributed by atoms with Crippen LogP contribution in [0.3, 0.4) is 0 Å². The minimum atomic E-state index is -3.64. The molecule has 0 unspecified atom stereocenters. The van der Waals surface area contributed by atoms with E-state index in [9.17, 15) is 8.42 Å². The number of rotatable bonds is 7. The molecule has 0 amide bonds. The van der Waals surface area contributed by atoms with Gasteiger partial charge < -0.3 is 18.4 Å². The molecule has 0 saturated heterocycles. The van der Waals surface area contributed by atoms with Gasteiger partial charge in [-0.2, -0.15) is 4.98 Å². The Balaban J connectivity index is 1.56. The van der Waals surface area contributed by atoms with Crippen molar-refractivity contribution in [3.05, 3.63) is 64.9 Å². The van der Waals surface area contributed by atoms with E-state index >= 15 is 0 Å². The molecule has 2 aromatic heterocycles. The zero-order chi connectivity index (χ0) is 22.9. The number of benzene rings is 2. The van der Waals surface area contributed by atoms with E-state index in [4.69, 9.17) is 30.0 Å². The number of methoxy groups -OCH3 is 2. The average molecular weight is 475 g/mol. The second kappa shape index (κ2) is 8.68. The third-order valence-electron chi connectivity index (χ3n) is 4.77. The zero-order valence-corrected chi connectivity index (χ0v) is 19.0. The lowest BCUT2D eigenvalue weighted by molar-refractivity contribution is 0.355. The minimum absolute atomic E-state index is 0.122. The van der Waals surface area contributed by atoms with Crippen molar-refractivity contribution in [2.45, 2.75) is 17.6 Å². The summed E-state index contributed by atoms with van der Waals surface area (Å²) in [7, 11) is -0.562. The average Bonchev–Trinajstić information content (AvgIpc) is 3.44. The summed E-state index contributed by atoms with van der Waals surface area (Å²) in [6.07, 6.45) is 0. The highest BCUT2D eigenvalue weighted by molar-refractivity contribution is 7.90. The Hall–Kier alpha value is -3.30. The maximum absolute atomic E-state index is 12.7. The molecule has 0 aliphatic rings. The first kappa shape index (κ1) is 21.9. The molecule has 0 spiro atoms. The highest BCUT2D eigenvalue weighted by Gasteiger charge is 2.21. The number of furan rings is 1. The Morgan fingerprint density at radius 1 is 1.00 bits per heavy atom. The molecule has 0 radical (unpaired) electrons. The lowest BCUT2D eigenvalue weighted by Crippen LogP contribution is -2.04. The van der Waals surface area contributed by atoms with Crippen molar-refractivity contribution in [1.82, 2.24) is 10.1 Å². The van der Waals surface area contributed by atoms with E-state index < -0.39 is 9.84 Å². The molecule has 0 N–H and O–H groups in total. The fourth-order valence-corrected chi connectivity index (χ4v) is 4.54. The highest BCUT2D eigenvalue weighted by atomic mass is 35.5. The van der Waals surface area contributed by atoms with Gasteiger partial charge in [0.05, 0.1) is 19.1 Å². The second-order valence-corrected chi connectivity index (χ2v) is 9.33. The van der Waals surface area contributed by atoms with Crippen molar-refractivity contribution in [2.75, 3.05) is 14.2 Å². The molecule has 32 heavy (non-hydrogen) atoms. The minimum Gasteiger partial charge on any atom is -0.493 e. The molecule has 10 heteroatoms. The van der Waals surface area contributed by atoms with Crippen LogP contribution in [-0.4, -0.2) is 32.8 Å². The van der Waals surface area contributed by atoms with E-state index in [0.717, 1.165) is 5.56 Å². The summed E-state index contributed by atoms with van der Waals surface area (Å²) in [6.45, 7) is 1.80. The van der Waals surface area contributed by atoms with Gasteiger partial charge in [0.15, 0.2) is 27.1 Å². The molecule has 0 bridgehead atoms. The summed E-state index contributed by atoms with van der Waals surface area (Å²) in [5, 5.41) is 4.36. The van der Waals surface area contributed by atoms with Crippen LogP contribution in [0.15, 0.2) is 62.4 Å². The Kier molecular flexibility index (Phi) is 5.94. The molecule has 2 heterocycles. The summed E-state index contributed by atoms with van der Waals surface area (Å²) in [5.41, 5.74) is 1.45. The summed E-state index contributed by atoms with van der Waals surface area (Å²) in [4.78, 5) is 4.46. The van der Waals surface area contributed by atoms with Crippen LogP contribution >= 0.6 is 11.6 Å². The molecule has 8 nitrogen and oxygen atoms in total. The molecule has 166 valence electrons. The first-order chi connectivity index (χ1) is 15.3. The largest absolute Gasteiger partial charge is 0.493 e. The number of sulfone groups is 1. The van der Waals surface area contributed by atoms with Gasteiger partial charge in [0.25, 0.3) is 5.89 Å². The molecule has 4 rings (SSSR count). The van der Waals surface area contributed by atoms with Crippen LogP contribution < -0.4 is 9.47 Å². The monoisotopic (exact) mass is 474 g/mol. The molecule has 0 aliphatic carbocycles. The Morgan fingerprint density at radius 2 is 1.78 bits per heavy atom. The third-order valence-corrected chi connectivity index (χ3v) is 6.82. The molecule has 0 aliphatic heterocycles. The van der Waals surface area contributed by atoms with Crippen LogP contribution in [0, 0.1) is 6.92 Å². The first-order valence-corrected chi connectivity index (χ1v) is 11.5. The smallest absolute Gasteiger partial charge is 0.293 e. The quantitative estimate of drug-likeness (QED) is 0.370. The van der Waals surface area contributed by atoms with Gasteiger partial charge in [-0.15, -0.1) is 0 Å². The fraction of sp³-hybridized carbons (Fsp3) is 0.182. The van der Waals surface area contributed by atoms with Crippen LogP contribution in [0.25, 0.3) is 23.0 Å². The SMILES string of the molecule is COc1ccc(-c2noc(-c3ccc(CS(=O)(=O)c4ccc(C)c(Cl)c4)o3)n2)cc1OC. The topological polar surface area (TPSA) is 105 Å². The van der Waals surface area contributed by atoms with Gasteiger partial charge in [-0.1, -0.05) is 22.8 Å². The van der Waals surface area contributed by atoms with Crippen molar-refractivity contribution in [3.63, 3.8) is 0 Å². The van der Waals surface area contributed by atoms with Crippen molar-refractivity contribution in [3.8, 4) is 34.5 Å². The van der Waals surface area contributed by atoms with Gasteiger partial charge in [-0.3, -0.25) is 0 Å². The lowest BCUT2D eigenvalue weighted by atomic mass is 10.2. The number of aryl methyl sites for hydroxylation is 1. The molecule has 0 atom stereocenters. The van der Waals surface area contributed by atoms with Gasteiger partial charge in [-0.25, -0.2) is 8.42 Å². The Morgan fingerprint density at radius 3 is 2.50 bits per heavy atom. The molecular weight excluding hydrogens is 456 g/mol. The van der Waals surface area contributed by atoms with E-state index in [1.54, 1.807) is 50.4 Å². The third kappa shape index (κ3) is 4.35. The second-order valence-electron chi connectivity index (χ2n) is 6.93. The van der Waals surface area contributed by atoms with E-state index in [1.165, 1.54) is 19.2 Å². The molecule has 0 fully saturated rings. The van der Waals surface area contributed by atoms with Crippen LogP contribution in [0.4, 0.5) is 0 Å². The molecule has 0 saturated carbocycles. The predicted octanol–water partition coefficient (Wildman–Crippen LogP) is 4.95. The van der Waals surface area contributed by atoms with E-state index in [-0.39, 0.29) is 28.1 Å². The zero-order valence-electron chi connectivity index (χ0n) is 17.5. The summed E-state index contributed by atoms with van der Waals surface area (Å²) in [5.74, 6) is 1.71. The maximum atomic E-state index is 12.7. The number of halogens is 1. The van der Waals surface area contributed by atoms with E-state index in [2.05, 4.69) is 10.1 Å². The van der Waals surface area contributed by atoms with Crippen LogP contribution in [0.5, 0.6) is 11.5 Å². The summed E-state index contributed by atoms with van der Waals surface area (Å²) in [6, 6.07) is 13.0. The Bertz CT molecular complexity index is 1380. The van der Waals surface area contributed by atoms with Crippen LogP contribution in [0.1, 0.15) is 11.3 Å². The van der Waals surface area contributed by atoms with Gasteiger partial charge in [0, 0.05) is 10.6 Å². The van der Waals surface area contributed by atoms with Crippen molar-refractivity contribution >= 4 is 21.4 Å². The maximum Gasteiger partial charge on any atom is 0.293 e. The summed E-state index contributed by atoms with van der Waals surface area (Å²) >= 11 is 6.07. The van der Waals surface area contributed by atoms with E-state index in [1.807, 2.05) is 0 Å². The van der Waals surface area contributed by atoms with Crippen molar-refractivity contribution < 1.29 is 26.8 Å². The van der Waals surface area contributed by atoms with Gasteiger partial charge in [-0.05, 0) is 55.0 Å². The predicted molar refractivity (Wildman–Crippen MR) is 118 cm³/mol. The van der Waals surface area contributed by atoms with Crippen LogP contribution in [-0.2, 0) is 15.6 Å². The number of hydrogen-bond donors (Lipinski definition) is 0. The molecule has 2 aromatic carbocycles. The lowest BCUT2D eigenvalue weighted by Gasteiger charge is -2.07.